The Labute approximate surface area is 132 Å². The molecule has 1 aliphatic rings. The van der Waals surface area contributed by atoms with Gasteiger partial charge in [0.05, 0.1) is 17.7 Å². The maximum absolute atomic E-state index is 4.50. The van der Waals surface area contributed by atoms with Crippen molar-refractivity contribution < 1.29 is 0 Å². The standard InChI is InChI=1S/C16H15N7/c1-10-6-22-7-11(2-5-13(22)20-10)21-15-14-16(18-8-17-15)23(9-19-14)12-3-4-12/h2,5-9,12H,3-4H2,1H3,(H,17,18,21). The molecule has 0 aliphatic heterocycles. The molecule has 0 bridgehead atoms. The number of nitrogens with zero attached hydrogens (tertiary/aromatic N) is 6. The summed E-state index contributed by atoms with van der Waals surface area (Å²) in [6.07, 6.45) is 9.86. The van der Waals surface area contributed by atoms with E-state index < -0.39 is 0 Å². The molecular weight excluding hydrogens is 290 g/mol. The molecule has 0 saturated heterocycles. The molecule has 1 N–H and O–H groups in total. The Hall–Kier alpha value is -2.96. The molecule has 7 heteroatoms. The Morgan fingerprint density at radius 2 is 2.04 bits per heavy atom. The van der Waals surface area contributed by atoms with Gasteiger partial charge in [-0.1, -0.05) is 0 Å². The third kappa shape index (κ3) is 2.04. The molecule has 1 aliphatic carbocycles. The van der Waals surface area contributed by atoms with Crippen LogP contribution in [0.2, 0.25) is 0 Å². The van der Waals surface area contributed by atoms with Crippen molar-refractivity contribution in [1.82, 2.24) is 28.9 Å². The maximum Gasteiger partial charge on any atom is 0.165 e. The third-order valence-corrected chi connectivity index (χ3v) is 4.13. The molecule has 1 saturated carbocycles. The number of aryl methyl sites for hydroxylation is 1. The van der Waals surface area contributed by atoms with Crippen LogP contribution >= 0.6 is 0 Å². The smallest absolute Gasteiger partial charge is 0.165 e. The lowest BCUT2D eigenvalue weighted by Gasteiger charge is -2.07. The molecule has 4 heterocycles. The molecule has 0 unspecified atom stereocenters. The van der Waals surface area contributed by atoms with Gasteiger partial charge in [-0.15, -0.1) is 0 Å². The zero-order valence-corrected chi connectivity index (χ0v) is 12.6. The Morgan fingerprint density at radius 3 is 2.91 bits per heavy atom. The Morgan fingerprint density at radius 1 is 1.13 bits per heavy atom. The zero-order valence-electron chi connectivity index (χ0n) is 12.6. The maximum atomic E-state index is 4.50. The van der Waals surface area contributed by atoms with Crippen molar-refractivity contribution in [1.29, 1.82) is 0 Å². The second-order valence-corrected chi connectivity index (χ2v) is 5.97. The molecule has 0 spiro atoms. The van der Waals surface area contributed by atoms with E-state index in [0.29, 0.717) is 6.04 Å². The van der Waals surface area contributed by atoms with Gasteiger partial charge in [-0.3, -0.25) is 0 Å². The van der Waals surface area contributed by atoms with Crippen LogP contribution in [0.3, 0.4) is 0 Å². The molecule has 7 nitrogen and oxygen atoms in total. The van der Waals surface area contributed by atoms with Crippen molar-refractivity contribution >= 4 is 28.3 Å². The fourth-order valence-electron chi connectivity index (χ4n) is 2.89. The van der Waals surface area contributed by atoms with E-state index in [2.05, 4.69) is 29.8 Å². The fourth-order valence-corrected chi connectivity index (χ4v) is 2.89. The van der Waals surface area contributed by atoms with Gasteiger partial charge in [-0.05, 0) is 31.9 Å². The van der Waals surface area contributed by atoms with Crippen molar-refractivity contribution in [3.05, 3.63) is 42.9 Å². The molecule has 0 atom stereocenters. The van der Waals surface area contributed by atoms with E-state index in [1.54, 1.807) is 6.33 Å². The Bertz CT molecular complexity index is 1030. The predicted octanol–water partition coefficient (Wildman–Crippen LogP) is 2.86. The highest BCUT2D eigenvalue weighted by Gasteiger charge is 2.26. The number of hydrogen-bond acceptors (Lipinski definition) is 5. The van der Waals surface area contributed by atoms with Crippen molar-refractivity contribution in [3.63, 3.8) is 0 Å². The lowest BCUT2D eigenvalue weighted by Crippen LogP contribution is -1.99. The molecule has 4 aromatic rings. The highest BCUT2D eigenvalue weighted by molar-refractivity contribution is 5.85. The molecular formula is C16H15N7. The normalized spacial score (nSPS) is 14.7. The average molecular weight is 305 g/mol. The fraction of sp³-hybridized carbons (Fsp3) is 0.250. The summed E-state index contributed by atoms with van der Waals surface area (Å²) in [6.45, 7) is 1.98. The minimum absolute atomic E-state index is 0.549. The van der Waals surface area contributed by atoms with Crippen LogP contribution < -0.4 is 5.32 Å². The number of anilines is 2. The number of rotatable bonds is 3. The summed E-state index contributed by atoms with van der Waals surface area (Å²) in [6, 6.07) is 4.53. The average Bonchev–Trinajstić information content (AvgIpc) is 3.17. The SMILES string of the molecule is Cc1cn2cc(Nc3ncnc4c3ncn4C3CC3)ccc2n1. The van der Waals surface area contributed by atoms with Crippen LogP contribution in [0.5, 0.6) is 0 Å². The van der Waals surface area contributed by atoms with Gasteiger partial charge in [0.2, 0.25) is 0 Å². The topological polar surface area (TPSA) is 72.9 Å². The van der Waals surface area contributed by atoms with Gasteiger partial charge < -0.3 is 14.3 Å². The highest BCUT2D eigenvalue weighted by atomic mass is 15.2. The van der Waals surface area contributed by atoms with E-state index >= 15 is 0 Å². The molecule has 1 fully saturated rings. The van der Waals surface area contributed by atoms with E-state index in [9.17, 15) is 0 Å². The van der Waals surface area contributed by atoms with E-state index in [1.165, 1.54) is 12.8 Å². The first-order valence-electron chi connectivity index (χ1n) is 7.68. The Balaban J connectivity index is 1.56. The quantitative estimate of drug-likeness (QED) is 0.630. The van der Waals surface area contributed by atoms with Crippen LogP contribution in [0, 0.1) is 6.92 Å². The number of aromatic nitrogens is 6. The summed E-state index contributed by atoms with van der Waals surface area (Å²) in [4.78, 5) is 17.7. The van der Waals surface area contributed by atoms with Crippen LogP contribution in [-0.4, -0.2) is 28.9 Å². The number of imidazole rings is 2. The second-order valence-electron chi connectivity index (χ2n) is 5.97. The zero-order chi connectivity index (χ0) is 15.4. The molecule has 114 valence electrons. The van der Waals surface area contributed by atoms with Gasteiger partial charge in [0, 0.05) is 18.4 Å². The molecule has 5 rings (SSSR count). The molecule has 0 aromatic carbocycles. The van der Waals surface area contributed by atoms with E-state index in [0.717, 1.165) is 34.0 Å². The van der Waals surface area contributed by atoms with E-state index in [1.807, 2.05) is 42.2 Å². The van der Waals surface area contributed by atoms with Crippen molar-refractivity contribution in [2.24, 2.45) is 0 Å². The minimum Gasteiger partial charge on any atom is -0.337 e. The van der Waals surface area contributed by atoms with Crippen LogP contribution in [0.4, 0.5) is 11.5 Å². The van der Waals surface area contributed by atoms with E-state index in [-0.39, 0.29) is 0 Å². The van der Waals surface area contributed by atoms with Crippen molar-refractivity contribution in [3.8, 4) is 0 Å². The number of nitrogens with one attached hydrogen (secondary N) is 1. The monoisotopic (exact) mass is 305 g/mol. The Kier molecular flexibility index (Phi) is 2.47. The lowest BCUT2D eigenvalue weighted by atomic mass is 10.4. The number of fused-ring (bicyclic) bond motifs is 2. The lowest BCUT2D eigenvalue weighted by molar-refractivity contribution is 0.756. The van der Waals surface area contributed by atoms with Crippen molar-refractivity contribution in [2.75, 3.05) is 5.32 Å². The van der Waals surface area contributed by atoms with Crippen LogP contribution in [-0.2, 0) is 0 Å². The first-order chi connectivity index (χ1) is 11.3. The predicted molar refractivity (Wildman–Crippen MR) is 86.8 cm³/mol. The first-order valence-corrected chi connectivity index (χ1v) is 7.68. The summed E-state index contributed by atoms with van der Waals surface area (Å²) in [5, 5.41) is 3.35. The van der Waals surface area contributed by atoms with Crippen LogP contribution in [0.15, 0.2) is 37.2 Å². The third-order valence-electron chi connectivity index (χ3n) is 4.13. The number of hydrogen-bond donors (Lipinski definition) is 1. The van der Waals surface area contributed by atoms with Gasteiger partial charge in [0.25, 0.3) is 0 Å². The van der Waals surface area contributed by atoms with Crippen LogP contribution in [0.25, 0.3) is 16.8 Å². The minimum atomic E-state index is 0.549. The largest absolute Gasteiger partial charge is 0.337 e. The number of pyridine rings is 1. The molecule has 0 radical (unpaired) electrons. The summed E-state index contributed by atoms with van der Waals surface area (Å²) in [7, 11) is 0. The van der Waals surface area contributed by atoms with Crippen molar-refractivity contribution in [2.45, 2.75) is 25.8 Å². The summed E-state index contributed by atoms with van der Waals surface area (Å²) < 4.78 is 4.14. The van der Waals surface area contributed by atoms with Gasteiger partial charge in [-0.25, -0.2) is 19.9 Å². The molecule has 23 heavy (non-hydrogen) atoms. The molecule has 0 amide bonds. The second kappa shape index (κ2) is 4.52. The molecule has 4 aromatic heterocycles. The first kappa shape index (κ1) is 12.6. The van der Waals surface area contributed by atoms with E-state index in [4.69, 9.17) is 0 Å². The van der Waals surface area contributed by atoms with Gasteiger partial charge in [-0.2, -0.15) is 0 Å². The summed E-state index contributed by atoms with van der Waals surface area (Å²) in [5.74, 6) is 0.727. The van der Waals surface area contributed by atoms with Gasteiger partial charge in [0.1, 0.15) is 12.0 Å². The summed E-state index contributed by atoms with van der Waals surface area (Å²) in [5.41, 5.74) is 4.57. The van der Waals surface area contributed by atoms with Crippen LogP contribution in [0.1, 0.15) is 24.6 Å². The summed E-state index contributed by atoms with van der Waals surface area (Å²) >= 11 is 0. The van der Waals surface area contributed by atoms with Gasteiger partial charge >= 0.3 is 0 Å². The van der Waals surface area contributed by atoms with Gasteiger partial charge in [0.15, 0.2) is 17.0 Å². The highest BCUT2D eigenvalue weighted by Crippen LogP contribution is 2.37.